The summed E-state index contributed by atoms with van der Waals surface area (Å²) in [5.41, 5.74) is 0.953. The summed E-state index contributed by atoms with van der Waals surface area (Å²) < 4.78 is 10.9. The molecule has 0 aromatic heterocycles. The smallest absolute Gasteiger partial charge is 0.303 e. The highest BCUT2D eigenvalue weighted by Gasteiger charge is 2.27. The third-order valence-corrected chi connectivity index (χ3v) is 4.37. The average molecular weight is 335 g/mol. The van der Waals surface area contributed by atoms with Gasteiger partial charge < -0.3 is 19.5 Å². The molecule has 1 amide bonds. The highest BCUT2D eigenvalue weighted by atomic mass is 16.5. The minimum absolute atomic E-state index is 0.0355. The van der Waals surface area contributed by atoms with Crippen molar-refractivity contribution >= 4 is 11.9 Å². The summed E-state index contributed by atoms with van der Waals surface area (Å²) in [5, 5.41) is 8.84. The quantitative estimate of drug-likeness (QED) is 0.827. The van der Waals surface area contributed by atoms with E-state index in [1.807, 2.05) is 24.3 Å². The molecule has 1 fully saturated rings. The second-order valence-corrected chi connectivity index (χ2v) is 6.17. The number of carbonyl (C=O) groups is 2. The number of ether oxygens (including phenoxy) is 2. The zero-order chi connectivity index (χ0) is 17.5. The molecule has 1 aliphatic rings. The van der Waals surface area contributed by atoms with Crippen LogP contribution >= 0.6 is 0 Å². The molecule has 1 aliphatic heterocycles. The zero-order valence-electron chi connectivity index (χ0n) is 14.2. The van der Waals surface area contributed by atoms with E-state index in [1.54, 1.807) is 18.9 Å². The van der Waals surface area contributed by atoms with Crippen LogP contribution in [0.2, 0.25) is 0 Å². The van der Waals surface area contributed by atoms with Crippen LogP contribution in [0.4, 0.5) is 0 Å². The number of hydrogen-bond acceptors (Lipinski definition) is 4. The van der Waals surface area contributed by atoms with Crippen molar-refractivity contribution < 1.29 is 24.2 Å². The number of piperidine rings is 1. The summed E-state index contributed by atoms with van der Waals surface area (Å²) in [6, 6.07) is 7.56. The maximum Gasteiger partial charge on any atom is 0.303 e. The second-order valence-electron chi connectivity index (χ2n) is 6.17. The second kappa shape index (κ2) is 8.68. The lowest BCUT2D eigenvalue weighted by Crippen LogP contribution is -2.44. The van der Waals surface area contributed by atoms with Crippen LogP contribution in [0.3, 0.4) is 0 Å². The van der Waals surface area contributed by atoms with E-state index in [9.17, 15) is 9.59 Å². The fourth-order valence-corrected chi connectivity index (χ4v) is 2.92. The van der Waals surface area contributed by atoms with Crippen molar-refractivity contribution in [3.63, 3.8) is 0 Å². The Hall–Kier alpha value is -2.08. The van der Waals surface area contributed by atoms with Crippen molar-refractivity contribution in [1.82, 2.24) is 4.90 Å². The SMILES string of the molecule is COc1cccc(COC(C)C(=O)N2CCC(CC(=O)O)CC2)c1. The van der Waals surface area contributed by atoms with Crippen molar-refractivity contribution in [2.45, 2.75) is 38.9 Å². The number of carbonyl (C=O) groups excluding carboxylic acids is 1. The Morgan fingerprint density at radius 2 is 2.04 bits per heavy atom. The Morgan fingerprint density at radius 3 is 2.67 bits per heavy atom. The van der Waals surface area contributed by atoms with E-state index in [0.29, 0.717) is 19.7 Å². The summed E-state index contributed by atoms with van der Waals surface area (Å²) in [7, 11) is 1.61. The van der Waals surface area contributed by atoms with Gasteiger partial charge in [0.1, 0.15) is 11.9 Å². The lowest BCUT2D eigenvalue weighted by Gasteiger charge is -2.33. The van der Waals surface area contributed by atoms with Gasteiger partial charge in [-0.15, -0.1) is 0 Å². The van der Waals surface area contributed by atoms with E-state index >= 15 is 0 Å². The number of rotatable bonds is 7. The number of aliphatic carboxylic acids is 1. The monoisotopic (exact) mass is 335 g/mol. The predicted molar refractivity (Wildman–Crippen MR) is 88.8 cm³/mol. The van der Waals surface area contributed by atoms with Crippen LogP contribution in [0.1, 0.15) is 31.7 Å². The molecule has 0 aliphatic carbocycles. The molecule has 1 saturated heterocycles. The van der Waals surface area contributed by atoms with Gasteiger partial charge in [0.25, 0.3) is 5.91 Å². The van der Waals surface area contributed by atoms with Gasteiger partial charge in [0.2, 0.25) is 0 Å². The molecule has 2 rings (SSSR count). The fraction of sp³-hybridized carbons (Fsp3) is 0.556. The summed E-state index contributed by atoms with van der Waals surface area (Å²) in [5.74, 6) is 0.122. The van der Waals surface area contributed by atoms with E-state index in [-0.39, 0.29) is 18.2 Å². The fourth-order valence-electron chi connectivity index (χ4n) is 2.92. The van der Waals surface area contributed by atoms with Crippen LogP contribution in [0.5, 0.6) is 5.75 Å². The molecule has 6 heteroatoms. The van der Waals surface area contributed by atoms with Gasteiger partial charge in [0.15, 0.2) is 0 Å². The third kappa shape index (κ3) is 5.23. The molecule has 1 atom stereocenters. The van der Waals surface area contributed by atoms with Crippen LogP contribution in [-0.2, 0) is 20.9 Å². The van der Waals surface area contributed by atoms with Crippen LogP contribution in [0.15, 0.2) is 24.3 Å². The molecular formula is C18H25NO5. The van der Waals surface area contributed by atoms with E-state index in [2.05, 4.69) is 0 Å². The van der Waals surface area contributed by atoms with Crippen LogP contribution in [0, 0.1) is 5.92 Å². The first-order valence-electron chi connectivity index (χ1n) is 8.24. The van der Waals surface area contributed by atoms with Crippen LogP contribution in [-0.4, -0.2) is 48.2 Å². The van der Waals surface area contributed by atoms with Gasteiger partial charge in [-0.25, -0.2) is 0 Å². The maximum atomic E-state index is 12.4. The van der Waals surface area contributed by atoms with Crippen molar-refractivity contribution in [3.05, 3.63) is 29.8 Å². The standard InChI is InChI=1S/C18H25NO5/c1-13(24-12-15-4-3-5-16(10-15)23-2)18(22)19-8-6-14(7-9-19)11-17(20)21/h3-5,10,13-14H,6-9,11-12H2,1-2H3,(H,20,21). The van der Waals surface area contributed by atoms with Crippen molar-refractivity contribution in [1.29, 1.82) is 0 Å². The third-order valence-electron chi connectivity index (χ3n) is 4.37. The summed E-state index contributed by atoms with van der Waals surface area (Å²) in [6.07, 6.45) is 1.14. The minimum Gasteiger partial charge on any atom is -0.497 e. The van der Waals surface area contributed by atoms with Gasteiger partial charge in [0.05, 0.1) is 13.7 Å². The normalized spacial score (nSPS) is 16.7. The maximum absolute atomic E-state index is 12.4. The summed E-state index contributed by atoms with van der Waals surface area (Å²) in [4.78, 5) is 25.0. The number of nitrogens with zero attached hydrogens (tertiary/aromatic N) is 1. The minimum atomic E-state index is -0.769. The molecule has 1 heterocycles. The Labute approximate surface area is 142 Å². The van der Waals surface area contributed by atoms with Gasteiger partial charge in [-0.1, -0.05) is 12.1 Å². The molecule has 24 heavy (non-hydrogen) atoms. The Kier molecular flexibility index (Phi) is 6.61. The largest absolute Gasteiger partial charge is 0.497 e. The van der Waals surface area contributed by atoms with Crippen molar-refractivity contribution in [2.75, 3.05) is 20.2 Å². The highest BCUT2D eigenvalue weighted by molar-refractivity contribution is 5.80. The van der Waals surface area contributed by atoms with E-state index in [4.69, 9.17) is 14.6 Å². The number of methoxy groups -OCH3 is 1. The molecule has 6 nitrogen and oxygen atoms in total. The first kappa shape index (κ1) is 18.3. The number of hydrogen-bond donors (Lipinski definition) is 1. The molecule has 1 unspecified atom stereocenters. The lowest BCUT2D eigenvalue weighted by molar-refractivity contribution is -0.145. The molecule has 0 radical (unpaired) electrons. The van der Waals surface area contributed by atoms with Gasteiger partial charge in [-0.05, 0) is 43.4 Å². The number of likely N-dealkylation sites (tertiary alicyclic amines) is 1. The molecular weight excluding hydrogens is 310 g/mol. The van der Waals surface area contributed by atoms with Crippen molar-refractivity contribution in [3.8, 4) is 5.75 Å². The number of amides is 1. The molecule has 1 N–H and O–H groups in total. The van der Waals surface area contributed by atoms with Gasteiger partial charge in [-0.3, -0.25) is 9.59 Å². The number of carboxylic acids is 1. The molecule has 0 bridgehead atoms. The predicted octanol–water partition coefficient (Wildman–Crippen LogP) is 2.31. The molecule has 1 aromatic rings. The van der Waals surface area contributed by atoms with E-state index in [1.165, 1.54) is 0 Å². The summed E-state index contributed by atoms with van der Waals surface area (Å²) >= 11 is 0. The number of benzene rings is 1. The number of carboxylic acid groups (broad SMARTS) is 1. The van der Waals surface area contributed by atoms with Gasteiger partial charge in [-0.2, -0.15) is 0 Å². The zero-order valence-corrected chi connectivity index (χ0v) is 14.2. The Morgan fingerprint density at radius 1 is 1.33 bits per heavy atom. The van der Waals surface area contributed by atoms with Crippen molar-refractivity contribution in [2.24, 2.45) is 5.92 Å². The molecule has 132 valence electrons. The van der Waals surface area contributed by atoms with E-state index in [0.717, 1.165) is 24.2 Å². The summed E-state index contributed by atoms with van der Waals surface area (Å²) in [6.45, 7) is 3.30. The molecule has 0 saturated carbocycles. The van der Waals surface area contributed by atoms with Crippen LogP contribution < -0.4 is 4.74 Å². The van der Waals surface area contributed by atoms with Gasteiger partial charge in [0, 0.05) is 19.5 Å². The average Bonchev–Trinajstić information content (AvgIpc) is 2.59. The first-order valence-corrected chi connectivity index (χ1v) is 8.24. The Bertz CT molecular complexity index is 566. The lowest BCUT2D eigenvalue weighted by atomic mass is 9.93. The Balaban J connectivity index is 1.79. The first-order chi connectivity index (χ1) is 11.5. The van der Waals surface area contributed by atoms with Gasteiger partial charge >= 0.3 is 5.97 Å². The molecule has 0 spiro atoms. The molecule has 1 aromatic carbocycles. The topological polar surface area (TPSA) is 76.1 Å². The highest BCUT2D eigenvalue weighted by Crippen LogP contribution is 2.21. The van der Waals surface area contributed by atoms with E-state index < -0.39 is 12.1 Å². The van der Waals surface area contributed by atoms with Crippen LogP contribution in [0.25, 0.3) is 0 Å².